The first-order valence-corrected chi connectivity index (χ1v) is 7.50. The van der Waals surface area contributed by atoms with E-state index < -0.39 is 0 Å². The van der Waals surface area contributed by atoms with Crippen molar-refractivity contribution in [3.05, 3.63) is 65.9 Å². The fraction of sp³-hybridized carbons (Fsp3) is 0.167. The molecule has 0 saturated carbocycles. The molecule has 0 spiro atoms. The van der Waals surface area contributed by atoms with Crippen molar-refractivity contribution in [1.29, 1.82) is 0 Å². The summed E-state index contributed by atoms with van der Waals surface area (Å²) in [5.74, 6) is 0.954. The number of fused-ring (bicyclic) bond motifs is 1. The Kier molecular flexibility index (Phi) is 4.36. The Bertz CT molecular complexity index is 975. The number of pyridine rings is 1. The topological polar surface area (TPSA) is 56.7 Å². The number of hydrogen-bond acceptors (Lipinski definition) is 4. The third-order valence-electron chi connectivity index (χ3n) is 4.04. The van der Waals surface area contributed by atoms with Crippen LogP contribution in [0.5, 0.6) is 0 Å². The molecule has 3 heterocycles. The molecule has 0 unspecified atom stereocenters. The van der Waals surface area contributed by atoms with Crippen LogP contribution >= 0.6 is 12.4 Å². The third kappa shape index (κ3) is 2.78. The molecule has 0 aliphatic heterocycles. The van der Waals surface area contributed by atoms with E-state index in [1.165, 1.54) is 5.56 Å². The first kappa shape index (κ1) is 16.2. The van der Waals surface area contributed by atoms with Gasteiger partial charge in [0.15, 0.2) is 5.65 Å². The number of rotatable bonds is 3. The molecular formula is C18H17ClN4O. The minimum Gasteiger partial charge on any atom is -0.364 e. The Labute approximate surface area is 145 Å². The zero-order chi connectivity index (χ0) is 15.8. The van der Waals surface area contributed by atoms with E-state index in [-0.39, 0.29) is 12.4 Å². The maximum atomic E-state index is 5.04. The molecule has 4 rings (SSSR count). The second kappa shape index (κ2) is 6.45. The van der Waals surface area contributed by atoms with Gasteiger partial charge in [-0.1, -0.05) is 35.5 Å². The summed E-state index contributed by atoms with van der Waals surface area (Å²) >= 11 is 0. The molecule has 0 aliphatic rings. The molecule has 0 fully saturated rings. The van der Waals surface area contributed by atoms with Crippen LogP contribution in [0.1, 0.15) is 17.1 Å². The Morgan fingerprint density at radius 3 is 2.62 bits per heavy atom. The third-order valence-corrected chi connectivity index (χ3v) is 4.04. The summed E-state index contributed by atoms with van der Waals surface area (Å²) in [5, 5.41) is 3.94. The van der Waals surface area contributed by atoms with E-state index in [2.05, 4.69) is 37.9 Å². The zero-order valence-electron chi connectivity index (χ0n) is 13.4. The SMILES string of the molecule is Cc1nocc1-c1cnc2nc(C)n(Cc3ccccc3)c2c1.Cl. The monoisotopic (exact) mass is 340 g/mol. The van der Waals surface area contributed by atoms with E-state index in [0.29, 0.717) is 0 Å². The summed E-state index contributed by atoms with van der Waals surface area (Å²) in [6.07, 6.45) is 3.48. The summed E-state index contributed by atoms with van der Waals surface area (Å²) < 4.78 is 7.23. The van der Waals surface area contributed by atoms with E-state index in [9.17, 15) is 0 Å². The second-order valence-electron chi connectivity index (χ2n) is 5.61. The lowest BCUT2D eigenvalue weighted by atomic mass is 10.1. The fourth-order valence-corrected chi connectivity index (χ4v) is 2.80. The van der Waals surface area contributed by atoms with Crippen molar-refractivity contribution in [2.45, 2.75) is 20.4 Å². The Hall–Kier alpha value is -2.66. The van der Waals surface area contributed by atoms with Crippen molar-refractivity contribution in [3.8, 4) is 11.1 Å². The van der Waals surface area contributed by atoms with E-state index >= 15 is 0 Å². The van der Waals surface area contributed by atoms with Crippen LogP contribution in [0.25, 0.3) is 22.3 Å². The molecule has 0 aliphatic carbocycles. The second-order valence-corrected chi connectivity index (χ2v) is 5.61. The van der Waals surface area contributed by atoms with Gasteiger partial charge in [0, 0.05) is 23.9 Å². The van der Waals surface area contributed by atoms with Crippen LogP contribution in [0.4, 0.5) is 0 Å². The van der Waals surface area contributed by atoms with Crippen molar-refractivity contribution in [2.75, 3.05) is 0 Å². The average molecular weight is 341 g/mol. The van der Waals surface area contributed by atoms with E-state index in [0.717, 1.165) is 40.4 Å². The van der Waals surface area contributed by atoms with Crippen LogP contribution in [0.2, 0.25) is 0 Å². The minimum absolute atomic E-state index is 0. The minimum atomic E-state index is 0. The number of hydrogen-bond donors (Lipinski definition) is 0. The van der Waals surface area contributed by atoms with Gasteiger partial charge in [0.2, 0.25) is 0 Å². The highest BCUT2D eigenvalue weighted by molar-refractivity contribution is 5.85. The van der Waals surface area contributed by atoms with Crippen molar-refractivity contribution in [2.24, 2.45) is 0 Å². The molecule has 1 aromatic carbocycles. The van der Waals surface area contributed by atoms with Crippen molar-refractivity contribution in [3.63, 3.8) is 0 Å². The largest absolute Gasteiger partial charge is 0.364 e. The highest BCUT2D eigenvalue weighted by Crippen LogP contribution is 2.26. The molecular weight excluding hydrogens is 324 g/mol. The number of nitrogens with zero attached hydrogens (tertiary/aromatic N) is 4. The molecule has 24 heavy (non-hydrogen) atoms. The lowest BCUT2D eigenvalue weighted by Crippen LogP contribution is -2.01. The first-order chi connectivity index (χ1) is 11.2. The predicted molar refractivity (Wildman–Crippen MR) is 95.3 cm³/mol. The highest BCUT2D eigenvalue weighted by Gasteiger charge is 2.13. The van der Waals surface area contributed by atoms with Gasteiger partial charge in [0.05, 0.1) is 11.2 Å². The highest BCUT2D eigenvalue weighted by atomic mass is 35.5. The number of halogens is 1. The standard InChI is InChI=1S/C18H16N4O.ClH/c1-12-16(11-23-21-12)15-8-17-18(19-9-15)20-13(2)22(17)10-14-6-4-3-5-7-14;/h3-9,11H,10H2,1-2H3;1H. The molecule has 122 valence electrons. The van der Waals surface area contributed by atoms with Gasteiger partial charge in [0.1, 0.15) is 12.1 Å². The van der Waals surface area contributed by atoms with Gasteiger partial charge in [-0.15, -0.1) is 12.4 Å². The molecule has 0 atom stereocenters. The maximum absolute atomic E-state index is 5.04. The van der Waals surface area contributed by atoms with E-state index in [1.807, 2.05) is 38.2 Å². The predicted octanol–water partition coefficient (Wildman–Crippen LogP) is 4.17. The van der Waals surface area contributed by atoms with E-state index in [1.54, 1.807) is 6.26 Å². The van der Waals surface area contributed by atoms with Crippen LogP contribution in [-0.2, 0) is 6.54 Å². The van der Waals surface area contributed by atoms with Gasteiger partial charge in [-0.3, -0.25) is 0 Å². The summed E-state index contributed by atoms with van der Waals surface area (Å²) in [5.41, 5.74) is 5.83. The van der Waals surface area contributed by atoms with Gasteiger partial charge in [-0.05, 0) is 25.5 Å². The number of benzene rings is 1. The van der Waals surface area contributed by atoms with Gasteiger partial charge in [-0.25, -0.2) is 9.97 Å². The molecule has 3 aromatic heterocycles. The molecule has 4 aromatic rings. The van der Waals surface area contributed by atoms with Crippen LogP contribution < -0.4 is 0 Å². The normalized spacial score (nSPS) is 10.8. The van der Waals surface area contributed by atoms with Crippen molar-refractivity contribution >= 4 is 23.6 Å². The van der Waals surface area contributed by atoms with Crippen LogP contribution in [0.15, 0.2) is 53.4 Å². The van der Waals surface area contributed by atoms with Crippen LogP contribution in [0, 0.1) is 13.8 Å². The van der Waals surface area contributed by atoms with Crippen molar-refractivity contribution < 1.29 is 4.52 Å². The van der Waals surface area contributed by atoms with Gasteiger partial charge < -0.3 is 9.09 Å². The number of aromatic nitrogens is 4. The number of aryl methyl sites for hydroxylation is 2. The zero-order valence-corrected chi connectivity index (χ0v) is 14.2. The molecule has 6 heteroatoms. The molecule has 0 radical (unpaired) electrons. The number of imidazole rings is 1. The molecule has 0 bridgehead atoms. The molecule has 0 amide bonds. The van der Waals surface area contributed by atoms with Gasteiger partial charge >= 0.3 is 0 Å². The van der Waals surface area contributed by atoms with Crippen LogP contribution in [0.3, 0.4) is 0 Å². The lowest BCUT2D eigenvalue weighted by molar-refractivity contribution is 0.415. The molecule has 0 N–H and O–H groups in total. The summed E-state index contributed by atoms with van der Waals surface area (Å²) in [7, 11) is 0. The summed E-state index contributed by atoms with van der Waals surface area (Å²) in [6.45, 7) is 4.71. The van der Waals surface area contributed by atoms with Gasteiger partial charge in [0.25, 0.3) is 0 Å². The summed E-state index contributed by atoms with van der Waals surface area (Å²) in [4.78, 5) is 9.07. The van der Waals surface area contributed by atoms with Crippen molar-refractivity contribution in [1.82, 2.24) is 19.7 Å². The maximum Gasteiger partial charge on any atom is 0.177 e. The Morgan fingerprint density at radius 2 is 1.92 bits per heavy atom. The fourth-order valence-electron chi connectivity index (χ4n) is 2.80. The molecule has 5 nitrogen and oxygen atoms in total. The summed E-state index contributed by atoms with van der Waals surface area (Å²) in [6, 6.07) is 12.5. The lowest BCUT2D eigenvalue weighted by Gasteiger charge is -2.07. The average Bonchev–Trinajstić information content (AvgIpc) is 3.12. The van der Waals surface area contributed by atoms with Gasteiger partial charge in [-0.2, -0.15) is 0 Å². The Morgan fingerprint density at radius 1 is 1.12 bits per heavy atom. The smallest absolute Gasteiger partial charge is 0.177 e. The quantitative estimate of drug-likeness (QED) is 0.561. The first-order valence-electron chi connectivity index (χ1n) is 7.50. The van der Waals surface area contributed by atoms with Crippen LogP contribution in [-0.4, -0.2) is 19.7 Å². The van der Waals surface area contributed by atoms with E-state index in [4.69, 9.17) is 4.52 Å². The Balaban J connectivity index is 0.00000169. The molecule has 0 saturated heterocycles.